The molecule has 1 fully saturated rings. The van der Waals surface area contributed by atoms with Gasteiger partial charge in [-0.25, -0.2) is 4.98 Å². The van der Waals surface area contributed by atoms with Crippen LogP contribution in [0.25, 0.3) is 27.8 Å². The molecule has 1 aromatic carbocycles. The molecule has 6 rings (SSSR count). The number of hydrogen-bond donors (Lipinski definition) is 2. The Morgan fingerprint density at radius 1 is 0.970 bits per heavy atom. The maximum Gasteiger partial charge on any atom is 0.230 e. The number of likely N-dealkylation sites (N-methyl/N-ethyl adjacent to an activating group) is 1. The molecule has 1 aliphatic heterocycles. The molecular formula is C23H24N10. The molecule has 5 aromatic rings. The van der Waals surface area contributed by atoms with Crippen molar-refractivity contribution in [1.82, 2.24) is 39.4 Å². The number of para-hydroxylation sites is 2. The van der Waals surface area contributed by atoms with Crippen LogP contribution < -0.4 is 10.2 Å². The second-order valence-corrected chi connectivity index (χ2v) is 8.22. The lowest BCUT2D eigenvalue weighted by atomic mass is 10.1. The van der Waals surface area contributed by atoms with E-state index < -0.39 is 0 Å². The first kappa shape index (κ1) is 19.6. The van der Waals surface area contributed by atoms with Crippen LogP contribution in [0.15, 0.2) is 55.0 Å². The molecule has 0 atom stereocenters. The number of rotatable bonds is 5. The SMILES string of the molecule is CN1CCN(c2nc(NCc3nc4ccccc4[nH]3)n3ncc(-c4ccncc4)c3n2)CC1. The first-order valence-electron chi connectivity index (χ1n) is 11.0. The summed E-state index contributed by atoms with van der Waals surface area (Å²) in [6, 6.07) is 11.9. The topological polar surface area (TPSA) is 103 Å². The van der Waals surface area contributed by atoms with Crippen LogP contribution >= 0.6 is 0 Å². The number of hydrogen-bond acceptors (Lipinski definition) is 8. The zero-order chi connectivity index (χ0) is 22.2. The molecule has 1 saturated heterocycles. The zero-order valence-corrected chi connectivity index (χ0v) is 18.3. The van der Waals surface area contributed by atoms with Gasteiger partial charge in [-0.2, -0.15) is 19.6 Å². The Kier molecular flexibility index (Phi) is 4.84. The number of fused-ring (bicyclic) bond motifs is 2. The van der Waals surface area contributed by atoms with Crippen LogP contribution in [0, 0.1) is 0 Å². The van der Waals surface area contributed by atoms with Gasteiger partial charge >= 0.3 is 0 Å². The third-order valence-corrected chi connectivity index (χ3v) is 5.99. The van der Waals surface area contributed by atoms with E-state index in [4.69, 9.17) is 9.97 Å². The third kappa shape index (κ3) is 3.74. The number of benzene rings is 1. The van der Waals surface area contributed by atoms with Gasteiger partial charge in [-0.15, -0.1) is 0 Å². The molecule has 10 nitrogen and oxygen atoms in total. The molecule has 0 spiro atoms. The monoisotopic (exact) mass is 440 g/mol. The number of H-pyrrole nitrogens is 1. The summed E-state index contributed by atoms with van der Waals surface area (Å²) in [5.41, 5.74) is 4.68. The van der Waals surface area contributed by atoms with E-state index in [1.165, 1.54) is 0 Å². The first-order valence-corrected chi connectivity index (χ1v) is 11.0. The number of aromatic amines is 1. The van der Waals surface area contributed by atoms with Crippen LogP contribution in [0.3, 0.4) is 0 Å². The van der Waals surface area contributed by atoms with Gasteiger partial charge in [0.1, 0.15) is 5.82 Å². The molecule has 33 heavy (non-hydrogen) atoms. The van der Waals surface area contributed by atoms with Crippen molar-refractivity contribution in [2.75, 3.05) is 43.4 Å². The van der Waals surface area contributed by atoms with E-state index in [1.807, 2.05) is 42.6 Å². The molecule has 0 bridgehead atoms. The fourth-order valence-electron chi connectivity index (χ4n) is 4.12. The summed E-state index contributed by atoms with van der Waals surface area (Å²) in [6.45, 7) is 4.22. The molecule has 1 aliphatic rings. The molecule has 0 radical (unpaired) electrons. The van der Waals surface area contributed by atoms with E-state index in [-0.39, 0.29) is 0 Å². The van der Waals surface area contributed by atoms with E-state index in [1.54, 1.807) is 16.9 Å². The van der Waals surface area contributed by atoms with Gasteiger partial charge in [-0.05, 0) is 36.9 Å². The van der Waals surface area contributed by atoms with Crippen molar-refractivity contribution in [3.05, 3.63) is 60.8 Å². The second kappa shape index (κ2) is 8.14. The molecular weight excluding hydrogens is 416 g/mol. The highest BCUT2D eigenvalue weighted by atomic mass is 15.4. The lowest BCUT2D eigenvalue weighted by molar-refractivity contribution is 0.311. The Balaban J connectivity index is 1.39. The standard InChI is InChI=1S/C23H24N10/c1-31-10-12-32(13-11-31)23-29-21-17(16-6-8-24-9-7-16)14-26-33(21)22(30-23)25-15-20-27-18-4-2-3-5-19(18)28-20/h2-9,14H,10-13,15H2,1H3,(H,27,28)(H,25,29,30). The minimum Gasteiger partial charge on any atom is -0.347 e. The number of piperazine rings is 1. The second-order valence-electron chi connectivity index (χ2n) is 8.22. The number of nitrogens with one attached hydrogen (secondary N) is 2. The number of imidazole rings is 1. The lowest BCUT2D eigenvalue weighted by Crippen LogP contribution is -2.45. The summed E-state index contributed by atoms with van der Waals surface area (Å²) in [7, 11) is 2.14. The van der Waals surface area contributed by atoms with Crippen LogP contribution in [0.2, 0.25) is 0 Å². The van der Waals surface area contributed by atoms with E-state index in [2.05, 4.69) is 42.2 Å². The van der Waals surface area contributed by atoms with Gasteiger partial charge < -0.3 is 20.1 Å². The fourth-order valence-corrected chi connectivity index (χ4v) is 4.12. The van der Waals surface area contributed by atoms with Gasteiger partial charge in [-0.1, -0.05) is 12.1 Å². The van der Waals surface area contributed by atoms with Crippen molar-refractivity contribution in [2.24, 2.45) is 0 Å². The highest BCUT2D eigenvalue weighted by Crippen LogP contribution is 2.26. The van der Waals surface area contributed by atoms with Crippen molar-refractivity contribution in [3.63, 3.8) is 0 Å². The average Bonchev–Trinajstić information content (AvgIpc) is 3.47. The zero-order valence-electron chi connectivity index (χ0n) is 18.3. The highest BCUT2D eigenvalue weighted by Gasteiger charge is 2.21. The summed E-state index contributed by atoms with van der Waals surface area (Å²) in [6.07, 6.45) is 5.39. The fraction of sp³-hybridized carbons (Fsp3) is 0.261. The van der Waals surface area contributed by atoms with Gasteiger partial charge in [0.05, 0.1) is 23.8 Å². The molecule has 166 valence electrons. The number of aromatic nitrogens is 7. The molecule has 0 unspecified atom stereocenters. The summed E-state index contributed by atoms with van der Waals surface area (Å²) in [5.74, 6) is 2.18. The summed E-state index contributed by atoms with van der Waals surface area (Å²) >= 11 is 0. The molecule has 2 N–H and O–H groups in total. The highest BCUT2D eigenvalue weighted by molar-refractivity contribution is 5.78. The van der Waals surface area contributed by atoms with E-state index in [0.717, 1.165) is 59.8 Å². The van der Waals surface area contributed by atoms with Gasteiger partial charge in [0.25, 0.3) is 0 Å². The molecule has 5 heterocycles. The van der Waals surface area contributed by atoms with Crippen LogP contribution in [-0.2, 0) is 6.54 Å². The largest absolute Gasteiger partial charge is 0.347 e. The lowest BCUT2D eigenvalue weighted by Gasteiger charge is -2.32. The predicted molar refractivity (Wildman–Crippen MR) is 127 cm³/mol. The first-order chi connectivity index (χ1) is 16.2. The van der Waals surface area contributed by atoms with Crippen molar-refractivity contribution in [2.45, 2.75) is 6.54 Å². The smallest absolute Gasteiger partial charge is 0.230 e. The predicted octanol–water partition coefficient (Wildman–Crippen LogP) is 2.43. The van der Waals surface area contributed by atoms with Gasteiger partial charge in [-0.3, -0.25) is 4.98 Å². The van der Waals surface area contributed by atoms with Crippen molar-refractivity contribution < 1.29 is 0 Å². The Bertz CT molecular complexity index is 1370. The van der Waals surface area contributed by atoms with E-state index in [9.17, 15) is 0 Å². The summed E-state index contributed by atoms with van der Waals surface area (Å²) in [5, 5.41) is 8.02. The van der Waals surface area contributed by atoms with Crippen LogP contribution in [-0.4, -0.2) is 72.7 Å². The average molecular weight is 441 g/mol. The van der Waals surface area contributed by atoms with Crippen LogP contribution in [0.4, 0.5) is 11.9 Å². The Labute approximate surface area is 190 Å². The Morgan fingerprint density at radius 2 is 1.79 bits per heavy atom. The van der Waals surface area contributed by atoms with Gasteiger partial charge in [0, 0.05) is 44.1 Å². The van der Waals surface area contributed by atoms with Crippen molar-refractivity contribution in [1.29, 1.82) is 0 Å². The van der Waals surface area contributed by atoms with E-state index in [0.29, 0.717) is 18.4 Å². The van der Waals surface area contributed by atoms with Crippen LogP contribution in [0.5, 0.6) is 0 Å². The van der Waals surface area contributed by atoms with Crippen molar-refractivity contribution >= 4 is 28.6 Å². The minimum absolute atomic E-state index is 0.493. The molecule has 4 aromatic heterocycles. The molecule has 0 saturated carbocycles. The Morgan fingerprint density at radius 3 is 2.61 bits per heavy atom. The molecule has 10 heteroatoms. The van der Waals surface area contributed by atoms with Gasteiger partial charge in [0.2, 0.25) is 11.9 Å². The summed E-state index contributed by atoms with van der Waals surface area (Å²) in [4.78, 5) is 26.5. The minimum atomic E-state index is 0.493. The maximum absolute atomic E-state index is 4.92. The number of pyridine rings is 1. The van der Waals surface area contributed by atoms with E-state index >= 15 is 0 Å². The number of nitrogens with zero attached hydrogens (tertiary/aromatic N) is 8. The number of anilines is 2. The summed E-state index contributed by atoms with van der Waals surface area (Å²) < 4.78 is 1.76. The normalized spacial score (nSPS) is 14.9. The molecule has 0 amide bonds. The molecule has 0 aliphatic carbocycles. The maximum atomic E-state index is 4.92. The van der Waals surface area contributed by atoms with Crippen LogP contribution in [0.1, 0.15) is 5.82 Å². The third-order valence-electron chi connectivity index (χ3n) is 5.99. The quantitative estimate of drug-likeness (QED) is 0.430. The Hall–Kier alpha value is -4.05. The van der Waals surface area contributed by atoms with Gasteiger partial charge in [0.15, 0.2) is 5.65 Å². The van der Waals surface area contributed by atoms with Crippen molar-refractivity contribution in [3.8, 4) is 11.1 Å².